The highest BCUT2D eigenvalue weighted by Gasteiger charge is 2.62. The predicted octanol–water partition coefficient (Wildman–Crippen LogP) is 6.61. The second-order valence-electron chi connectivity index (χ2n) is 12.3. The average molecular weight is 525 g/mol. The Labute approximate surface area is 232 Å². The number of hydrogen-bond donors (Lipinski definition) is 0. The van der Waals surface area contributed by atoms with Crippen LogP contribution in [-0.4, -0.2) is 58.9 Å². The number of carbonyl (C=O) groups excluding carboxylic acids is 1. The summed E-state index contributed by atoms with van der Waals surface area (Å²) in [5.74, 6) is 0. The van der Waals surface area contributed by atoms with Gasteiger partial charge in [0.25, 0.3) is 0 Å². The van der Waals surface area contributed by atoms with E-state index in [9.17, 15) is 4.79 Å². The molecular formula is C34H40N2O3. The minimum atomic E-state index is -0.548. The van der Waals surface area contributed by atoms with Crippen LogP contribution in [0.5, 0.6) is 0 Å². The summed E-state index contributed by atoms with van der Waals surface area (Å²) in [5, 5.41) is 0. The summed E-state index contributed by atoms with van der Waals surface area (Å²) in [6.07, 6.45) is 3.66. The summed E-state index contributed by atoms with van der Waals surface area (Å²) < 4.78 is 12.5. The van der Waals surface area contributed by atoms with Crippen LogP contribution in [0.4, 0.5) is 4.79 Å². The smallest absolute Gasteiger partial charge is 0.411 e. The van der Waals surface area contributed by atoms with Gasteiger partial charge in [-0.3, -0.25) is 9.80 Å². The summed E-state index contributed by atoms with van der Waals surface area (Å²) in [5.41, 5.74) is 2.19. The van der Waals surface area contributed by atoms with Gasteiger partial charge in [0.1, 0.15) is 5.60 Å². The molecule has 5 nitrogen and oxygen atoms in total. The highest BCUT2D eigenvalue weighted by atomic mass is 16.6. The first kappa shape index (κ1) is 26.1. The number of hydrogen-bond acceptors (Lipinski definition) is 4. The Bertz CT molecular complexity index is 1170. The first-order valence-electron chi connectivity index (χ1n) is 14.4. The lowest BCUT2D eigenvalue weighted by molar-refractivity contribution is -0.0977. The molecule has 39 heavy (non-hydrogen) atoms. The molecule has 1 amide bonds. The zero-order valence-corrected chi connectivity index (χ0v) is 23.4. The molecule has 0 aliphatic carbocycles. The van der Waals surface area contributed by atoms with Crippen molar-refractivity contribution in [3.05, 3.63) is 108 Å². The van der Waals surface area contributed by atoms with E-state index >= 15 is 0 Å². The third-order valence-electron chi connectivity index (χ3n) is 8.82. The van der Waals surface area contributed by atoms with Crippen LogP contribution >= 0.6 is 0 Å². The maximum Gasteiger partial charge on any atom is 0.411 e. The summed E-state index contributed by atoms with van der Waals surface area (Å²) in [4.78, 5) is 18.6. The number of likely N-dealkylation sites (tertiary alicyclic amines) is 1. The van der Waals surface area contributed by atoms with Crippen LogP contribution in [0.2, 0.25) is 0 Å². The monoisotopic (exact) mass is 524 g/mol. The first-order valence-corrected chi connectivity index (χ1v) is 14.4. The van der Waals surface area contributed by atoms with Gasteiger partial charge in [-0.1, -0.05) is 91.0 Å². The molecule has 3 heterocycles. The minimum absolute atomic E-state index is 0.00200. The molecule has 2 bridgehead atoms. The molecule has 3 aromatic carbocycles. The van der Waals surface area contributed by atoms with Gasteiger partial charge >= 0.3 is 6.09 Å². The quantitative estimate of drug-likeness (QED) is 0.352. The largest absolute Gasteiger partial charge is 0.444 e. The number of ether oxygens (including phenoxy) is 2. The van der Waals surface area contributed by atoms with E-state index in [0.29, 0.717) is 6.54 Å². The molecule has 0 N–H and O–H groups in total. The van der Waals surface area contributed by atoms with Crippen LogP contribution in [-0.2, 0) is 15.0 Å². The number of piperazine rings is 1. The molecule has 3 aliphatic rings. The molecule has 3 atom stereocenters. The Morgan fingerprint density at radius 1 is 0.846 bits per heavy atom. The maximum absolute atomic E-state index is 13.8. The highest BCUT2D eigenvalue weighted by Crippen LogP contribution is 2.51. The molecule has 3 aromatic rings. The van der Waals surface area contributed by atoms with Crippen LogP contribution in [0.1, 0.15) is 63.1 Å². The lowest BCUT2D eigenvalue weighted by Crippen LogP contribution is -2.71. The van der Waals surface area contributed by atoms with Gasteiger partial charge in [0.15, 0.2) is 0 Å². The second-order valence-corrected chi connectivity index (χ2v) is 12.3. The lowest BCUT2D eigenvalue weighted by Gasteiger charge is -2.56. The van der Waals surface area contributed by atoms with E-state index in [4.69, 9.17) is 9.47 Å². The van der Waals surface area contributed by atoms with Gasteiger partial charge in [-0.05, 0) is 63.1 Å². The molecule has 0 spiro atoms. The highest BCUT2D eigenvalue weighted by molar-refractivity contribution is 5.71. The van der Waals surface area contributed by atoms with Crippen molar-refractivity contribution in [1.82, 2.24) is 9.80 Å². The van der Waals surface area contributed by atoms with E-state index in [0.717, 1.165) is 38.8 Å². The van der Waals surface area contributed by atoms with Crippen molar-refractivity contribution in [2.24, 2.45) is 0 Å². The molecule has 0 aromatic heterocycles. The van der Waals surface area contributed by atoms with Gasteiger partial charge in [0.2, 0.25) is 0 Å². The third kappa shape index (κ3) is 4.46. The Balaban J connectivity index is 1.53. The van der Waals surface area contributed by atoms with Crippen molar-refractivity contribution < 1.29 is 14.3 Å². The SMILES string of the molecule is CC(C)(C)OC(=O)N1C2CCC1([C@@H]1CCCO1)CN(C(c1ccccc1)(c1ccccc1)c1ccccc1)C2. The summed E-state index contributed by atoms with van der Waals surface area (Å²) >= 11 is 0. The zero-order valence-electron chi connectivity index (χ0n) is 23.4. The van der Waals surface area contributed by atoms with Gasteiger partial charge in [-0.25, -0.2) is 4.79 Å². The molecule has 5 heteroatoms. The first-order chi connectivity index (χ1) is 18.8. The number of nitrogens with zero attached hydrogens (tertiary/aromatic N) is 2. The van der Waals surface area contributed by atoms with Crippen LogP contribution < -0.4 is 0 Å². The third-order valence-corrected chi connectivity index (χ3v) is 8.82. The average Bonchev–Trinajstić information content (AvgIpc) is 3.56. The number of benzene rings is 3. The van der Waals surface area contributed by atoms with E-state index in [1.165, 1.54) is 16.7 Å². The zero-order chi connectivity index (χ0) is 27.1. The van der Waals surface area contributed by atoms with Crippen molar-refractivity contribution in [2.75, 3.05) is 19.7 Å². The molecule has 204 valence electrons. The van der Waals surface area contributed by atoms with Crippen molar-refractivity contribution in [3.63, 3.8) is 0 Å². The summed E-state index contributed by atoms with van der Waals surface area (Å²) in [6.45, 7) is 8.08. The Morgan fingerprint density at radius 2 is 1.38 bits per heavy atom. The minimum Gasteiger partial charge on any atom is -0.444 e. The fraction of sp³-hybridized carbons (Fsp3) is 0.441. The fourth-order valence-corrected chi connectivity index (χ4v) is 7.41. The van der Waals surface area contributed by atoms with E-state index in [2.05, 4.69) is 101 Å². The topological polar surface area (TPSA) is 42.0 Å². The van der Waals surface area contributed by atoms with Crippen LogP contribution in [0.3, 0.4) is 0 Å². The van der Waals surface area contributed by atoms with Gasteiger partial charge in [0, 0.05) is 25.7 Å². The molecule has 6 rings (SSSR count). The van der Waals surface area contributed by atoms with E-state index in [-0.39, 0.29) is 18.2 Å². The normalized spacial score (nSPS) is 25.6. The molecule has 0 saturated carbocycles. The standard InChI is InChI=1S/C34H40N2O3/c1-32(2,3)39-31(37)36-29-21-22-33(36,30-20-13-23-38-30)25-35(24-29)34(26-14-7-4-8-15-26,27-16-9-5-10-17-27)28-18-11-6-12-19-28/h4-12,14-19,29-30H,13,20-25H2,1-3H3/t29?,30-,33?/m0/s1. The number of carbonyl (C=O) groups is 1. The molecule has 2 unspecified atom stereocenters. The van der Waals surface area contributed by atoms with Gasteiger partial charge in [-0.2, -0.15) is 0 Å². The predicted molar refractivity (Wildman–Crippen MR) is 154 cm³/mol. The van der Waals surface area contributed by atoms with E-state index in [1.807, 2.05) is 20.8 Å². The molecule has 3 aliphatic heterocycles. The second kappa shape index (κ2) is 10.1. The van der Waals surface area contributed by atoms with Crippen molar-refractivity contribution in [2.45, 2.75) is 75.3 Å². The van der Waals surface area contributed by atoms with Crippen LogP contribution in [0, 0.1) is 0 Å². The Morgan fingerprint density at radius 3 is 1.85 bits per heavy atom. The lowest BCUT2D eigenvalue weighted by atomic mass is 9.73. The Kier molecular flexibility index (Phi) is 6.76. The number of rotatable bonds is 5. The van der Waals surface area contributed by atoms with Crippen LogP contribution in [0.25, 0.3) is 0 Å². The number of amides is 1. The molecule has 3 fully saturated rings. The van der Waals surface area contributed by atoms with Gasteiger partial charge < -0.3 is 9.47 Å². The van der Waals surface area contributed by atoms with Crippen molar-refractivity contribution >= 4 is 6.09 Å². The van der Waals surface area contributed by atoms with Crippen molar-refractivity contribution in [1.29, 1.82) is 0 Å². The van der Waals surface area contributed by atoms with Gasteiger partial charge in [-0.15, -0.1) is 0 Å². The van der Waals surface area contributed by atoms with E-state index in [1.54, 1.807) is 0 Å². The molecule has 3 saturated heterocycles. The van der Waals surface area contributed by atoms with Crippen molar-refractivity contribution in [3.8, 4) is 0 Å². The molecular weight excluding hydrogens is 484 g/mol. The Hall–Kier alpha value is -3.15. The summed E-state index contributed by atoms with van der Waals surface area (Å²) in [6, 6.07) is 32.6. The number of fused-ring (bicyclic) bond motifs is 2. The maximum atomic E-state index is 13.8. The van der Waals surface area contributed by atoms with Gasteiger partial charge in [0.05, 0.1) is 17.2 Å². The summed E-state index contributed by atoms with van der Waals surface area (Å²) in [7, 11) is 0. The van der Waals surface area contributed by atoms with Crippen LogP contribution in [0.15, 0.2) is 91.0 Å². The fourth-order valence-electron chi connectivity index (χ4n) is 7.41. The van der Waals surface area contributed by atoms with E-state index < -0.39 is 16.7 Å². The molecule has 0 radical (unpaired) electrons.